The van der Waals surface area contributed by atoms with Crippen LogP contribution in [0.15, 0.2) is 60.8 Å². The van der Waals surface area contributed by atoms with Crippen LogP contribution in [0, 0.1) is 5.82 Å². The van der Waals surface area contributed by atoms with Crippen LogP contribution in [0.4, 0.5) is 4.39 Å². The second-order valence-electron chi connectivity index (χ2n) is 4.71. The Balaban J connectivity index is 1.80. The Bertz CT molecular complexity index is 833. The monoisotopic (exact) mass is 309 g/mol. The molecule has 2 aromatic carbocycles. The molecule has 23 heavy (non-hydrogen) atoms. The van der Waals surface area contributed by atoms with Crippen molar-refractivity contribution in [2.24, 2.45) is 5.73 Å². The van der Waals surface area contributed by atoms with Crippen molar-refractivity contribution in [3.8, 4) is 22.9 Å². The highest BCUT2D eigenvalue weighted by Gasteiger charge is 2.07. The fraction of sp³-hybridized carbons (Fsp3) is 0. The summed E-state index contributed by atoms with van der Waals surface area (Å²) in [5, 5.41) is 0. The smallest absolute Gasteiger partial charge is 0.267 e. The zero-order valence-electron chi connectivity index (χ0n) is 11.9. The number of nitrogens with two attached hydrogens (primary N) is 1. The lowest BCUT2D eigenvalue weighted by atomic mass is 10.2. The van der Waals surface area contributed by atoms with E-state index in [-0.39, 0.29) is 11.5 Å². The molecule has 1 amide bonds. The molecule has 0 atom stereocenters. The fourth-order valence-electron chi connectivity index (χ4n) is 1.95. The van der Waals surface area contributed by atoms with Crippen molar-refractivity contribution in [1.29, 1.82) is 0 Å². The zero-order valence-corrected chi connectivity index (χ0v) is 11.9. The number of hydrogen-bond acceptors (Lipinski definition) is 4. The molecule has 3 aromatic rings. The van der Waals surface area contributed by atoms with Crippen LogP contribution in [0.25, 0.3) is 11.4 Å². The average molecular weight is 309 g/mol. The summed E-state index contributed by atoms with van der Waals surface area (Å²) in [5.41, 5.74) is 6.08. The molecule has 5 nitrogen and oxygen atoms in total. The average Bonchev–Trinajstić information content (AvgIpc) is 2.58. The van der Waals surface area contributed by atoms with Gasteiger partial charge in [-0.15, -0.1) is 0 Å². The largest absolute Gasteiger partial charge is 0.457 e. The molecule has 0 saturated heterocycles. The minimum atomic E-state index is -0.607. The van der Waals surface area contributed by atoms with E-state index in [4.69, 9.17) is 10.5 Å². The van der Waals surface area contributed by atoms with Crippen LogP contribution in [0.1, 0.15) is 10.5 Å². The molecule has 0 radical (unpaired) electrons. The van der Waals surface area contributed by atoms with E-state index in [1.165, 1.54) is 24.4 Å². The van der Waals surface area contributed by atoms with Crippen LogP contribution >= 0.6 is 0 Å². The molecule has 0 unspecified atom stereocenters. The van der Waals surface area contributed by atoms with Gasteiger partial charge >= 0.3 is 0 Å². The number of carbonyl (C=O) groups is 1. The number of aromatic nitrogens is 2. The maximum atomic E-state index is 12.9. The van der Waals surface area contributed by atoms with Gasteiger partial charge in [0.1, 0.15) is 23.0 Å². The topological polar surface area (TPSA) is 78.1 Å². The molecule has 0 aliphatic rings. The third-order valence-electron chi connectivity index (χ3n) is 3.07. The summed E-state index contributed by atoms with van der Waals surface area (Å²) in [5.74, 6) is 0.594. The van der Waals surface area contributed by atoms with Crippen molar-refractivity contribution in [3.63, 3.8) is 0 Å². The van der Waals surface area contributed by atoms with E-state index in [0.29, 0.717) is 17.3 Å². The molecule has 2 N–H and O–H groups in total. The van der Waals surface area contributed by atoms with E-state index in [9.17, 15) is 9.18 Å². The first-order valence-electron chi connectivity index (χ1n) is 6.78. The molecule has 0 bridgehead atoms. The molecule has 0 aliphatic heterocycles. The van der Waals surface area contributed by atoms with Crippen LogP contribution in [0.5, 0.6) is 11.5 Å². The summed E-state index contributed by atoms with van der Waals surface area (Å²) in [7, 11) is 0. The first-order chi connectivity index (χ1) is 11.1. The van der Waals surface area contributed by atoms with Gasteiger partial charge in [-0.2, -0.15) is 0 Å². The van der Waals surface area contributed by atoms with Gasteiger partial charge in [0.2, 0.25) is 0 Å². The Labute approximate surface area is 131 Å². The lowest BCUT2D eigenvalue weighted by molar-refractivity contribution is 0.0995. The van der Waals surface area contributed by atoms with E-state index < -0.39 is 5.91 Å². The van der Waals surface area contributed by atoms with Gasteiger partial charge in [0, 0.05) is 11.8 Å². The number of nitrogens with zero attached hydrogens (tertiary/aromatic N) is 2. The molecule has 1 heterocycles. The predicted molar refractivity (Wildman–Crippen MR) is 82.5 cm³/mol. The lowest BCUT2D eigenvalue weighted by Gasteiger charge is -2.06. The number of primary amides is 1. The van der Waals surface area contributed by atoms with Gasteiger partial charge in [-0.05, 0) is 54.6 Å². The highest BCUT2D eigenvalue weighted by atomic mass is 19.1. The SMILES string of the molecule is NC(=O)c1ccnc(-c2ccc(Oc3ccc(F)cc3)cc2)n1. The number of halogens is 1. The molecular formula is C17H12FN3O2. The van der Waals surface area contributed by atoms with Gasteiger partial charge in [0.05, 0.1) is 0 Å². The number of amides is 1. The molecule has 6 heteroatoms. The van der Waals surface area contributed by atoms with Crippen molar-refractivity contribution in [2.45, 2.75) is 0 Å². The van der Waals surface area contributed by atoms with Gasteiger partial charge in [-0.3, -0.25) is 4.79 Å². The van der Waals surface area contributed by atoms with Crippen LogP contribution in [-0.2, 0) is 0 Å². The Morgan fingerprint density at radius 1 is 0.957 bits per heavy atom. The lowest BCUT2D eigenvalue weighted by Crippen LogP contribution is -2.13. The summed E-state index contributed by atoms with van der Waals surface area (Å²) < 4.78 is 18.5. The molecule has 0 saturated carbocycles. The highest BCUT2D eigenvalue weighted by molar-refractivity contribution is 5.91. The molecule has 1 aromatic heterocycles. The minimum Gasteiger partial charge on any atom is -0.457 e. The number of benzene rings is 2. The highest BCUT2D eigenvalue weighted by Crippen LogP contribution is 2.24. The van der Waals surface area contributed by atoms with Crippen LogP contribution < -0.4 is 10.5 Å². The minimum absolute atomic E-state index is 0.154. The molecule has 3 rings (SSSR count). The van der Waals surface area contributed by atoms with Crippen molar-refractivity contribution in [1.82, 2.24) is 9.97 Å². The first-order valence-corrected chi connectivity index (χ1v) is 6.78. The van der Waals surface area contributed by atoms with Crippen LogP contribution in [-0.4, -0.2) is 15.9 Å². The molecular weight excluding hydrogens is 297 g/mol. The summed E-state index contributed by atoms with van der Waals surface area (Å²) in [6, 6.07) is 14.2. The number of hydrogen-bond donors (Lipinski definition) is 1. The van der Waals surface area contributed by atoms with E-state index in [1.807, 2.05) is 0 Å². The maximum absolute atomic E-state index is 12.9. The van der Waals surface area contributed by atoms with E-state index in [1.54, 1.807) is 36.4 Å². The van der Waals surface area contributed by atoms with Crippen molar-refractivity contribution in [3.05, 3.63) is 72.3 Å². The zero-order chi connectivity index (χ0) is 16.2. The van der Waals surface area contributed by atoms with Crippen molar-refractivity contribution >= 4 is 5.91 Å². The molecule has 0 spiro atoms. The summed E-state index contributed by atoms with van der Waals surface area (Å²) in [4.78, 5) is 19.4. The molecule has 0 aliphatic carbocycles. The second kappa shape index (κ2) is 6.23. The Morgan fingerprint density at radius 2 is 1.57 bits per heavy atom. The van der Waals surface area contributed by atoms with Gasteiger partial charge in [-0.1, -0.05) is 0 Å². The normalized spacial score (nSPS) is 10.3. The summed E-state index contributed by atoms with van der Waals surface area (Å²) in [6.45, 7) is 0. The molecule has 114 valence electrons. The van der Waals surface area contributed by atoms with Crippen molar-refractivity contribution in [2.75, 3.05) is 0 Å². The van der Waals surface area contributed by atoms with Crippen LogP contribution in [0.3, 0.4) is 0 Å². The van der Waals surface area contributed by atoms with Crippen LogP contribution in [0.2, 0.25) is 0 Å². The van der Waals surface area contributed by atoms with Gasteiger partial charge in [-0.25, -0.2) is 14.4 Å². The van der Waals surface area contributed by atoms with E-state index in [2.05, 4.69) is 9.97 Å². The van der Waals surface area contributed by atoms with Gasteiger partial charge in [0.15, 0.2) is 5.82 Å². The fourth-order valence-corrected chi connectivity index (χ4v) is 1.95. The quantitative estimate of drug-likeness (QED) is 0.803. The third-order valence-corrected chi connectivity index (χ3v) is 3.07. The number of ether oxygens (including phenoxy) is 1. The standard InChI is InChI=1S/C17H12FN3O2/c18-12-3-7-14(8-4-12)23-13-5-1-11(2-6-13)17-20-10-9-15(21-17)16(19)22/h1-10H,(H2,19,22). The van der Waals surface area contributed by atoms with Gasteiger partial charge < -0.3 is 10.5 Å². The third kappa shape index (κ3) is 3.49. The maximum Gasteiger partial charge on any atom is 0.267 e. The Hall–Kier alpha value is -3.28. The second-order valence-corrected chi connectivity index (χ2v) is 4.71. The summed E-state index contributed by atoms with van der Waals surface area (Å²) in [6.07, 6.45) is 1.48. The van der Waals surface area contributed by atoms with Crippen molar-refractivity contribution < 1.29 is 13.9 Å². The van der Waals surface area contributed by atoms with Gasteiger partial charge in [0.25, 0.3) is 5.91 Å². The first kappa shape index (κ1) is 14.6. The Morgan fingerprint density at radius 3 is 2.17 bits per heavy atom. The number of rotatable bonds is 4. The number of carbonyl (C=O) groups excluding carboxylic acids is 1. The van der Waals surface area contributed by atoms with E-state index in [0.717, 1.165) is 5.56 Å². The summed E-state index contributed by atoms with van der Waals surface area (Å²) >= 11 is 0. The van der Waals surface area contributed by atoms with E-state index >= 15 is 0 Å². The Kier molecular flexibility index (Phi) is 3.97. The molecule has 0 fully saturated rings. The predicted octanol–water partition coefficient (Wildman–Crippen LogP) is 3.17.